The summed E-state index contributed by atoms with van der Waals surface area (Å²) in [5.41, 5.74) is 4.00. The van der Waals surface area contributed by atoms with Crippen LogP contribution >= 0.6 is 11.3 Å². The highest BCUT2D eigenvalue weighted by Crippen LogP contribution is 2.27. The molecule has 1 aromatic heterocycles. The number of nitrogens with zero attached hydrogens (tertiary/aromatic N) is 2. The third-order valence-corrected chi connectivity index (χ3v) is 7.11. The quantitative estimate of drug-likeness (QED) is 0.551. The Hall–Kier alpha value is -2.83. The van der Waals surface area contributed by atoms with Gasteiger partial charge in [-0.3, -0.25) is 30.6 Å². The zero-order valence-corrected chi connectivity index (χ0v) is 16.1. The second-order valence-corrected chi connectivity index (χ2v) is 8.76. The third kappa shape index (κ3) is 4.03. The van der Waals surface area contributed by atoms with E-state index in [1.165, 1.54) is 34.0 Å². The molecule has 1 aliphatic heterocycles. The molecule has 0 bridgehead atoms. The van der Waals surface area contributed by atoms with E-state index < -0.39 is 26.8 Å². The van der Waals surface area contributed by atoms with Crippen molar-refractivity contribution < 1.29 is 22.9 Å². The lowest BCUT2D eigenvalue weighted by molar-refractivity contribution is -0.384. The normalized spacial score (nSPS) is 14.6. The summed E-state index contributed by atoms with van der Waals surface area (Å²) in [5.74, 6) is -1.55. The van der Waals surface area contributed by atoms with Gasteiger partial charge in [0, 0.05) is 30.8 Å². The van der Waals surface area contributed by atoms with Gasteiger partial charge in [0.25, 0.3) is 17.5 Å². The first kappa shape index (κ1) is 19.9. The van der Waals surface area contributed by atoms with Crippen LogP contribution in [0.25, 0.3) is 0 Å². The first-order valence-electron chi connectivity index (χ1n) is 8.23. The molecule has 1 fully saturated rings. The molecule has 0 saturated carbocycles. The van der Waals surface area contributed by atoms with Crippen molar-refractivity contribution in [3.05, 3.63) is 56.3 Å². The van der Waals surface area contributed by atoms with Crippen LogP contribution < -0.4 is 10.9 Å². The van der Waals surface area contributed by atoms with Gasteiger partial charge in [0.1, 0.15) is 9.77 Å². The Kier molecular flexibility index (Phi) is 5.72. The van der Waals surface area contributed by atoms with Crippen LogP contribution in [0, 0.1) is 10.1 Å². The van der Waals surface area contributed by atoms with Crippen molar-refractivity contribution >= 4 is 38.9 Å². The molecule has 0 aliphatic carbocycles. The van der Waals surface area contributed by atoms with E-state index >= 15 is 0 Å². The van der Waals surface area contributed by atoms with Crippen LogP contribution in [-0.2, 0) is 10.0 Å². The molecule has 1 aromatic carbocycles. The van der Waals surface area contributed by atoms with Crippen LogP contribution in [0.1, 0.15) is 32.9 Å². The highest BCUT2D eigenvalue weighted by Gasteiger charge is 2.32. The molecule has 3 rings (SSSR count). The van der Waals surface area contributed by atoms with Gasteiger partial charge in [0.2, 0.25) is 10.0 Å². The average molecular weight is 424 g/mol. The van der Waals surface area contributed by atoms with Crippen molar-refractivity contribution in [3.63, 3.8) is 0 Å². The number of nitro benzene ring substituents is 1. The monoisotopic (exact) mass is 424 g/mol. The zero-order chi connectivity index (χ0) is 20.3. The number of amides is 2. The standard InChI is InChI=1S/C16H16N4O6S2/c21-15(11-4-3-5-12(10-11)20(23)24)17-18-16(22)14-13(6-9-27-14)28(25,26)19-7-1-2-8-19/h3-6,9-10H,1-2,7-8H2,(H,17,21)(H,18,22). The summed E-state index contributed by atoms with van der Waals surface area (Å²) < 4.78 is 26.7. The summed E-state index contributed by atoms with van der Waals surface area (Å²) in [4.78, 5) is 34.5. The molecular formula is C16H16N4O6S2. The number of nitro groups is 1. The molecule has 2 N–H and O–H groups in total. The first-order valence-corrected chi connectivity index (χ1v) is 10.6. The van der Waals surface area contributed by atoms with Crippen LogP contribution in [0.5, 0.6) is 0 Å². The maximum Gasteiger partial charge on any atom is 0.281 e. The number of hydrogen-bond acceptors (Lipinski definition) is 7. The van der Waals surface area contributed by atoms with Crippen LogP contribution in [0.15, 0.2) is 40.6 Å². The van der Waals surface area contributed by atoms with Crippen molar-refractivity contribution in [3.8, 4) is 0 Å². The van der Waals surface area contributed by atoms with Gasteiger partial charge in [0.05, 0.1) is 4.92 Å². The number of sulfonamides is 1. The summed E-state index contributed by atoms with van der Waals surface area (Å²) in [6.45, 7) is 0.811. The molecular weight excluding hydrogens is 408 g/mol. The van der Waals surface area contributed by atoms with Crippen molar-refractivity contribution in [2.75, 3.05) is 13.1 Å². The van der Waals surface area contributed by atoms with Gasteiger partial charge >= 0.3 is 0 Å². The van der Waals surface area contributed by atoms with Crippen molar-refractivity contribution in [2.45, 2.75) is 17.7 Å². The molecule has 148 valence electrons. The summed E-state index contributed by atoms with van der Waals surface area (Å²) in [7, 11) is -3.78. The number of non-ortho nitro benzene ring substituents is 1. The maximum absolute atomic E-state index is 12.7. The molecule has 2 heterocycles. The lowest BCUT2D eigenvalue weighted by Crippen LogP contribution is -2.42. The number of carbonyl (C=O) groups excluding carboxylic acids is 2. The Morgan fingerprint density at radius 3 is 2.46 bits per heavy atom. The summed E-state index contributed by atoms with van der Waals surface area (Å²) in [6.07, 6.45) is 1.54. The predicted molar refractivity (Wildman–Crippen MR) is 100 cm³/mol. The number of thiophene rings is 1. The minimum Gasteiger partial charge on any atom is -0.267 e. The van der Waals surface area contributed by atoms with Crippen LogP contribution in [0.2, 0.25) is 0 Å². The van der Waals surface area contributed by atoms with E-state index in [0.29, 0.717) is 13.1 Å². The number of carbonyl (C=O) groups is 2. The van der Waals surface area contributed by atoms with E-state index in [2.05, 4.69) is 10.9 Å². The number of rotatable bonds is 5. The van der Waals surface area contributed by atoms with Crippen LogP contribution in [-0.4, -0.2) is 42.6 Å². The maximum atomic E-state index is 12.7. The molecule has 2 aromatic rings. The Bertz CT molecular complexity index is 1030. The van der Waals surface area contributed by atoms with Gasteiger partial charge in [-0.25, -0.2) is 8.42 Å². The molecule has 0 spiro atoms. The summed E-state index contributed by atoms with van der Waals surface area (Å²) >= 11 is 0.939. The van der Waals surface area contributed by atoms with Crippen LogP contribution in [0.3, 0.4) is 0 Å². The number of hydrazine groups is 1. The minimum absolute atomic E-state index is 0.0226. The van der Waals surface area contributed by atoms with Gasteiger partial charge in [-0.05, 0) is 30.4 Å². The molecule has 0 radical (unpaired) electrons. The van der Waals surface area contributed by atoms with E-state index in [9.17, 15) is 28.1 Å². The summed E-state index contributed by atoms with van der Waals surface area (Å²) in [5, 5.41) is 12.3. The number of hydrogen-bond donors (Lipinski definition) is 2. The van der Waals surface area contributed by atoms with Crippen molar-refractivity contribution in [2.24, 2.45) is 0 Å². The molecule has 0 unspecified atom stereocenters. The zero-order valence-electron chi connectivity index (χ0n) is 14.5. The predicted octanol–water partition coefficient (Wildman–Crippen LogP) is 1.52. The lowest BCUT2D eigenvalue weighted by Gasteiger charge is -2.15. The van der Waals surface area contributed by atoms with Crippen molar-refractivity contribution in [1.29, 1.82) is 0 Å². The minimum atomic E-state index is -3.78. The highest BCUT2D eigenvalue weighted by molar-refractivity contribution is 7.89. The number of nitrogens with one attached hydrogen (secondary N) is 2. The van der Waals surface area contributed by atoms with E-state index in [1.54, 1.807) is 0 Å². The fraction of sp³-hybridized carbons (Fsp3) is 0.250. The SMILES string of the molecule is O=C(NNC(=O)c1sccc1S(=O)(=O)N1CCCC1)c1cccc([N+](=O)[O-])c1. The first-order chi connectivity index (χ1) is 13.3. The largest absolute Gasteiger partial charge is 0.281 e. The van der Waals surface area contributed by atoms with Crippen molar-refractivity contribution in [1.82, 2.24) is 15.2 Å². The van der Waals surface area contributed by atoms with E-state index in [-0.39, 0.29) is 21.0 Å². The lowest BCUT2D eigenvalue weighted by atomic mass is 10.2. The second kappa shape index (κ2) is 8.04. The fourth-order valence-corrected chi connectivity index (χ4v) is 5.55. The Morgan fingerprint density at radius 1 is 1.11 bits per heavy atom. The van der Waals surface area contributed by atoms with Gasteiger partial charge in [-0.2, -0.15) is 4.31 Å². The van der Waals surface area contributed by atoms with Gasteiger partial charge < -0.3 is 0 Å². The molecule has 10 nitrogen and oxygen atoms in total. The highest BCUT2D eigenvalue weighted by atomic mass is 32.2. The average Bonchev–Trinajstić information content (AvgIpc) is 3.38. The van der Waals surface area contributed by atoms with Gasteiger partial charge in [-0.1, -0.05) is 6.07 Å². The van der Waals surface area contributed by atoms with Gasteiger partial charge in [-0.15, -0.1) is 11.3 Å². The number of benzene rings is 1. The second-order valence-electron chi connectivity index (χ2n) is 5.94. The molecule has 1 saturated heterocycles. The Morgan fingerprint density at radius 2 is 1.79 bits per heavy atom. The summed E-state index contributed by atoms with van der Waals surface area (Å²) in [6, 6.07) is 6.35. The Labute approximate surface area is 164 Å². The van der Waals surface area contributed by atoms with E-state index in [0.717, 1.165) is 30.2 Å². The van der Waals surface area contributed by atoms with Gasteiger partial charge in [0.15, 0.2) is 0 Å². The molecule has 1 aliphatic rings. The van der Waals surface area contributed by atoms with E-state index in [1.807, 2.05) is 0 Å². The molecule has 2 amide bonds. The third-order valence-electron chi connectivity index (χ3n) is 4.13. The molecule has 28 heavy (non-hydrogen) atoms. The van der Waals surface area contributed by atoms with E-state index in [4.69, 9.17) is 0 Å². The molecule has 0 atom stereocenters. The molecule has 12 heteroatoms. The smallest absolute Gasteiger partial charge is 0.267 e. The fourth-order valence-electron chi connectivity index (χ4n) is 2.74. The Balaban J connectivity index is 1.71. The topological polar surface area (TPSA) is 139 Å². The van der Waals surface area contributed by atoms with Crippen LogP contribution in [0.4, 0.5) is 5.69 Å².